The van der Waals surface area contributed by atoms with E-state index >= 15 is 0 Å². The fourth-order valence-corrected chi connectivity index (χ4v) is 3.47. The predicted octanol–water partition coefficient (Wildman–Crippen LogP) is 1.35. The molecule has 2 N–H and O–H groups in total. The van der Waals surface area contributed by atoms with Crippen molar-refractivity contribution in [2.45, 2.75) is 43.9 Å². The van der Waals surface area contributed by atoms with E-state index in [1.165, 1.54) is 6.07 Å². The van der Waals surface area contributed by atoms with Gasteiger partial charge in [0.2, 0.25) is 11.8 Å². The second-order valence-corrected chi connectivity index (χ2v) is 6.62. The van der Waals surface area contributed by atoms with Crippen LogP contribution in [0.25, 0.3) is 0 Å². The number of anilines is 1. The molecular formula is C17H16FN3O4. The first-order valence-corrected chi connectivity index (χ1v) is 8.21. The summed E-state index contributed by atoms with van der Waals surface area (Å²) in [5, 5.41) is 4.87. The van der Waals surface area contributed by atoms with Crippen LogP contribution in [0.15, 0.2) is 18.2 Å². The molecule has 1 aliphatic carbocycles. The highest BCUT2D eigenvalue weighted by molar-refractivity contribution is 6.25. The third-order valence-corrected chi connectivity index (χ3v) is 4.97. The van der Waals surface area contributed by atoms with Gasteiger partial charge in [-0.15, -0.1) is 0 Å². The Labute approximate surface area is 142 Å². The van der Waals surface area contributed by atoms with E-state index in [0.29, 0.717) is 12.8 Å². The second-order valence-electron chi connectivity index (χ2n) is 6.62. The summed E-state index contributed by atoms with van der Waals surface area (Å²) < 4.78 is 14.4. The van der Waals surface area contributed by atoms with Crippen LogP contribution < -0.4 is 10.6 Å². The van der Waals surface area contributed by atoms with Crippen molar-refractivity contribution < 1.29 is 23.6 Å². The molecule has 7 nitrogen and oxygen atoms in total. The molecule has 3 aliphatic rings. The number of rotatable bonds is 3. The Morgan fingerprint density at radius 2 is 1.92 bits per heavy atom. The predicted molar refractivity (Wildman–Crippen MR) is 84.4 cm³/mol. The molecule has 0 aromatic heterocycles. The Kier molecular flexibility index (Phi) is 3.38. The lowest BCUT2D eigenvalue weighted by molar-refractivity contribution is -0.136. The average molecular weight is 345 g/mol. The van der Waals surface area contributed by atoms with Crippen molar-refractivity contribution in [1.29, 1.82) is 0 Å². The minimum Gasteiger partial charge on any atom is -0.353 e. The number of fused-ring (bicyclic) bond motifs is 1. The van der Waals surface area contributed by atoms with Gasteiger partial charge in [0.1, 0.15) is 6.04 Å². The molecule has 2 fully saturated rings. The molecule has 1 aromatic carbocycles. The molecule has 130 valence electrons. The minimum atomic E-state index is -1.57. The van der Waals surface area contributed by atoms with Gasteiger partial charge < -0.3 is 5.32 Å². The molecular weight excluding hydrogens is 329 g/mol. The molecule has 1 aromatic rings. The van der Waals surface area contributed by atoms with Crippen LogP contribution in [0.5, 0.6) is 0 Å². The van der Waals surface area contributed by atoms with Gasteiger partial charge in [-0.2, -0.15) is 0 Å². The first-order valence-electron chi connectivity index (χ1n) is 8.21. The third-order valence-electron chi connectivity index (χ3n) is 4.97. The Morgan fingerprint density at radius 3 is 2.56 bits per heavy atom. The fourth-order valence-electron chi connectivity index (χ4n) is 3.47. The van der Waals surface area contributed by atoms with Crippen molar-refractivity contribution in [3.05, 3.63) is 29.3 Å². The van der Waals surface area contributed by atoms with E-state index in [2.05, 4.69) is 10.6 Å². The standard InChI is InChI=1S/C17H16FN3O4/c18-17(7-2-8-17)20-10-4-1-3-9-13(10)16(25)21(15(9)24)11-5-6-12(22)19-14(11)23/h1,3-4,11,20H,2,5-8H2,(H,19,22,23). The number of benzene rings is 1. The number of nitrogens with zero attached hydrogens (tertiary/aromatic N) is 1. The van der Waals surface area contributed by atoms with Gasteiger partial charge in [0.25, 0.3) is 11.8 Å². The van der Waals surface area contributed by atoms with Crippen molar-refractivity contribution in [2.75, 3.05) is 5.32 Å². The summed E-state index contributed by atoms with van der Waals surface area (Å²) in [6, 6.07) is 3.58. The lowest BCUT2D eigenvalue weighted by Gasteiger charge is -2.35. The van der Waals surface area contributed by atoms with Gasteiger partial charge >= 0.3 is 0 Å². The normalized spacial score (nSPS) is 24.7. The fraction of sp³-hybridized carbons (Fsp3) is 0.412. The van der Waals surface area contributed by atoms with Crippen LogP contribution in [0.1, 0.15) is 52.8 Å². The summed E-state index contributed by atoms with van der Waals surface area (Å²) in [5.74, 6) is -3.90. The number of imide groups is 2. The third kappa shape index (κ3) is 2.40. The van der Waals surface area contributed by atoms with E-state index in [0.717, 1.165) is 11.3 Å². The summed E-state index contributed by atoms with van der Waals surface area (Å²) >= 11 is 0. The smallest absolute Gasteiger partial charge is 0.264 e. The molecule has 2 aliphatic heterocycles. The Bertz CT molecular complexity index is 818. The van der Waals surface area contributed by atoms with E-state index in [1.54, 1.807) is 12.1 Å². The van der Waals surface area contributed by atoms with Gasteiger partial charge in [-0.05, 0) is 25.0 Å². The highest BCUT2D eigenvalue weighted by Gasteiger charge is 2.46. The van der Waals surface area contributed by atoms with Crippen molar-refractivity contribution in [2.24, 2.45) is 0 Å². The Morgan fingerprint density at radius 1 is 1.16 bits per heavy atom. The van der Waals surface area contributed by atoms with Gasteiger partial charge in [0.05, 0.1) is 16.8 Å². The van der Waals surface area contributed by atoms with Gasteiger partial charge in [-0.1, -0.05) is 6.07 Å². The summed E-state index contributed by atoms with van der Waals surface area (Å²) in [6.45, 7) is 0. The Balaban J connectivity index is 1.68. The minimum absolute atomic E-state index is 0.0580. The number of nitrogens with one attached hydrogen (secondary N) is 2. The molecule has 0 spiro atoms. The molecule has 2 heterocycles. The monoisotopic (exact) mass is 345 g/mol. The number of halogens is 1. The van der Waals surface area contributed by atoms with Crippen molar-refractivity contribution >= 4 is 29.3 Å². The molecule has 8 heteroatoms. The first kappa shape index (κ1) is 15.7. The van der Waals surface area contributed by atoms with Crippen molar-refractivity contribution in [1.82, 2.24) is 10.2 Å². The maximum atomic E-state index is 14.4. The molecule has 0 radical (unpaired) electrons. The lowest BCUT2D eigenvalue weighted by atomic mass is 9.89. The number of piperidine rings is 1. The largest absolute Gasteiger partial charge is 0.353 e. The maximum Gasteiger partial charge on any atom is 0.264 e. The van der Waals surface area contributed by atoms with Crippen LogP contribution in [0.2, 0.25) is 0 Å². The summed E-state index contributed by atoms with van der Waals surface area (Å²) in [7, 11) is 0. The van der Waals surface area contributed by atoms with Gasteiger partial charge in [0.15, 0.2) is 5.79 Å². The van der Waals surface area contributed by atoms with Crippen molar-refractivity contribution in [3.8, 4) is 0 Å². The average Bonchev–Trinajstić information content (AvgIpc) is 2.79. The zero-order valence-electron chi connectivity index (χ0n) is 13.3. The van der Waals surface area contributed by atoms with E-state index in [9.17, 15) is 23.6 Å². The van der Waals surface area contributed by atoms with Crippen LogP contribution in [0.3, 0.4) is 0 Å². The molecule has 4 rings (SSSR count). The maximum absolute atomic E-state index is 14.4. The van der Waals surface area contributed by atoms with E-state index in [-0.39, 0.29) is 29.7 Å². The zero-order valence-corrected chi connectivity index (χ0v) is 13.3. The number of hydrogen-bond acceptors (Lipinski definition) is 5. The highest BCUT2D eigenvalue weighted by atomic mass is 19.1. The first-order chi connectivity index (χ1) is 11.9. The summed E-state index contributed by atoms with van der Waals surface area (Å²) in [6.07, 6.45) is 1.59. The molecule has 1 saturated heterocycles. The Hall–Kier alpha value is -2.77. The van der Waals surface area contributed by atoms with Gasteiger partial charge in [-0.3, -0.25) is 29.4 Å². The number of carbonyl (C=O) groups excluding carboxylic acids is 4. The SMILES string of the molecule is O=C1CCC(N2C(=O)c3cccc(NC4(F)CCC4)c3C2=O)C(=O)N1. The topological polar surface area (TPSA) is 95.6 Å². The highest BCUT2D eigenvalue weighted by Crippen LogP contribution is 2.39. The molecule has 1 unspecified atom stereocenters. The van der Waals surface area contributed by atoms with Crippen molar-refractivity contribution in [3.63, 3.8) is 0 Å². The quantitative estimate of drug-likeness (QED) is 0.637. The van der Waals surface area contributed by atoms with Crippen LogP contribution in [-0.4, -0.2) is 40.4 Å². The molecule has 25 heavy (non-hydrogen) atoms. The summed E-state index contributed by atoms with van der Waals surface area (Å²) in [5.41, 5.74) is 0.483. The molecule has 4 amide bonds. The number of carbonyl (C=O) groups is 4. The number of hydrogen-bond donors (Lipinski definition) is 2. The van der Waals surface area contributed by atoms with Crippen LogP contribution in [-0.2, 0) is 9.59 Å². The van der Waals surface area contributed by atoms with E-state index in [1.807, 2.05) is 0 Å². The zero-order chi connectivity index (χ0) is 17.8. The molecule has 1 atom stereocenters. The molecule has 0 bridgehead atoms. The lowest BCUT2D eigenvalue weighted by Crippen LogP contribution is -2.54. The number of alkyl halides is 1. The van der Waals surface area contributed by atoms with Crippen LogP contribution in [0.4, 0.5) is 10.1 Å². The van der Waals surface area contributed by atoms with Crippen LogP contribution >= 0.6 is 0 Å². The van der Waals surface area contributed by atoms with Crippen LogP contribution in [0, 0.1) is 0 Å². The molecule has 1 saturated carbocycles. The van der Waals surface area contributed by atoms with E-state index in [4.69, 9.17) is 0 Å². The summed E-state index contributed by atoms with van der Waals surface area (Å²) in [4.78, 5) is 49.7. The van der Waals surface area contributed by atoms with Gasteiger partial charge in [-0.25, -0.2) is 4.39 Å². The second kappa shape index (κ2) is 5.37. The number of amides is 4. The van der Waals surface area contributed by atoms with Gasteiger partial charge in [0, 0.05) is 19.3 Å². The van der Waals surface area contributed by atoms with E-state index < -0.39 is 35.5 Å².